The maximum atomic E-state index is 10.5. The van der Waals surface area contributed by atoms with Crippen LogP contribution in [-0.2, 0) is 9.59 Å². The van der Waals surface area contributed by atoms with Crippen molar-refractivity contribution >= 4 is 11.8 Å². The van der Waals surface area contributed by atoms with E-state index in [1.807, 2.05) is 0 Å². The molecule has 0 atom stereocenters. The molecule has 4 nitrogen and oxygen atoms in total. The summed E-state index contributed by atoms with van der Waals surface area (Å²) in [4.78, 5) is 22.2. The molecule has 0 aliphatic rings. The lowest BCUT2D eigenvalue weighted by Crippen LogP contribution is -2.28. The van der Waals surface area contributed by atoms with Crippen LogP contribution < -0.4 is 5.73 Å². The maximum Gasteiger partial charge on any atom is 0.219 e. The highest BCUT2D eigenvalue weighted by molar-refractivity contribution is 5.76. The van der Waals surface area contributed by atoms with Crippen LogP contribution in [0.2, 0.25) is 0 Å². The molecule has 0 spiro atoms. The maximum absolute atomic E-state index is 10.5. The van der Waals surface area contributed by atoms with Gasteiger partial charge in [-0.3, -0.25) is 9.59 Å². The number of hydrogen-bond donors (Lipinski definition) is 1. The SMILES string of the molecule is CC(=O)N(C)CCC(N)=O. The first-order valence-electron chi connectivity index (χ1n) is 3.04. The summed E-state index contributed by atoms with van der Waals surface area (Å²) in [6.07, 6.45) is 0.232. The summed E-state index contributed by atoms with van der Waals surface area (Å²) in [7, 11) is 1.63. The highest BCUT2D eigenvalue weighted by Gasteiger charge is 2.02. The molecule has 0 saturated carbocycles. The van der Waals surface area contributed by atoms with Crippen LogP contribution in [0.15, 0.2) is 0 Å². The topological polar surface area (TPSA) is 63.4 Å². The molecular formula is C6H12N2O2. The van der Waals surface area contributed by atoms with Gasteiger partial charge in [-0.25, -0.2) is 0 Å². The highest BCUT2D eigenvalue weighted by Crippen LogP contribution is 1.85. The fourth-order valence-corrected chi connectivity index (χ4v) is 0.435. The van der Waals surface area contributed by atoms with Gasteiger partial charge in [0.15, 0.2) is 0 Å². The van der Waals surface area contributed by atoms with Crippen molar-refractivity contribution in [1.82, 2.24) is 4.90 Å². The Labute approximate surface area is 60.0 Å². The lowest BCUT2D eigenvalue weighted by Gasteiger charge is -2.12. The van der Waals surface area contributed by atoms with Crippen molar-refractivity contribution in [3.05, 3.63) is 0 Å². The van der Waals surface area contributed by atoms with Crippen LogP contribution in [0.5, 0.6) is 0 Å². The van der Waals surface area contributed by atoms with Crippen LogP contribution in [0, 0.1) is 0 Å². The third-order valence-corrected chi connectivity index (χ3v) is 1.23. The second-order valence-electron chi connectivity index (χ2n) is 2.16. The number of carbonyl (C=O) groups is 2. The van der Waals surface area contributed by atoms with E-state index in [0.717, 1.165) is 0 Å². The Hall–Kier alpha value is -1.06. The molecule has 0 saturated heterocycles. The molecule has 2 amide bonds. The van der Waals surface area contributed by atoms with E-state index in [0.29, 0.717) is 6.54 Å². The predicted octanol–water partition coefficient (Wildman–Crippen LogP) is -0.660. The first-order valence-corrected chi connectivity index (χ1v) is 3.04. The van der Waals surface area contributed by atoms with Gasteiger partial charge in [0.2, 0.25) is 11.8 Å². The molecule has 0 radical (unpaired) electrons. The second-order valence-corrected chi connectivity index (χ2v) is 2.16. The van der Waals surface area contributed by atoms with Gasteiger partial charge in [-0.15, -0.1) is 0 Å². The number of rotatable bonds is 3. The average Bonchev–Trinajstić information content (AvgIpc) is 1.82. The number of hydrogen-bond acceptors (Lipinski definition) is 2. The Morgan fingerprint density at radius 1 is 1.50 bits per heavy atom. The van der Waals surface area contributed by atoms with Gasteiger partial charge < -0.3 is 10.6 Å². The van der Waals surface area contributed by atoms with Crippen molar-refractivity contribution in [3.8, 4) is 0 Å². The van der Waals surface area contributed by atoms with E-state index in [-0.39, 0.29) is 18.2 Å². The number of nitrogens with zero attached hydrogens (tertiary/aromatic N) is 1. The summed E-state index contributed by atoms with van der Waals surface area (Å²) in [6.45, 7) is 1.85. The molecule has 0 aliphatic heterocycles. The quantitative estimate of drug-likeness (QED) is 0.571. The number of nitrogens with two attached hydrogens (primary N) is 1. The molecule has 0 unspecified atom stereocenters. The van der Waals surface area contributed by atoms with Gasteiger partial charge in [-0.05, 0) is 0 Å². The van der Waals surface area contributed by atoms with E-state index in [9.17, 15) is 9.59 Å². The molecule has 0 fully saturated rings. The molecule has 0 aromatic rings. The monoisotopic (exact) mass is 144 g/mol. The van der Waals surface area contributed by atoms with Crippen molar-refractivity contribution < 1.29 is 9.59 Å². The van der Waals surface area contributed by atoms with E-state index in [4.69, 9.17) is 5.73 Å². The molecule has 0 heterocycles. The van der Waals surface area contributed by atoms with Crippen LogP contribution in [0.3, 0.4) is 0 Å². The Kier molecular flexibility index (Phi) is 3.46. The zero-order chi connectivity index (χ0) is 8.15. The smallest absolute Gasteiger partial charge is 0.219 e. The first kappa shape index (κ1) is 8.94. The molecule has 4 heteroatoms. The first-order chi connectivity index (χ1) is 4.54. The van der Waals surface area contributed by atoms with E-state index >= 15 is 0 Å². The Morgan fingerprint density at radius 2 is 2.00 bits per heavy atom. The Bertz CT molecular complexity index is 145. The van der Waals surface area contributed by atoms with Crippen LogP contribution in [0.4, 0.5) is 0 Å². The third-order valence-electron chi connectivity index (χ3n) is 1.23. The average molecular weight is 144 g/mol. The standard InChI is InChI=1S/C6H12N2O2/c1-5(9)8(2)4-3-6(7)10/h3-4H2,1-2H3,(H2,7,10). The normalized spacial score (nSPS) is 9.00. The molecule has 0 rings (SSSR count). The minimum atomic E-state index is -0.381. The largest absolute Gasteiger partial charge is 0.370 e. The molecule has 0 aromatic carbocycles. The van der Waals surface area contributed by atoms with Crippen molar-refractivity contribution in [1.29, 1.82) is 0 Å². The minimum absolute atomic E-state index is 0.0544. The van der Waals surface area contributed by atoms with Crippen LogP contribution in [0.1, 0.15) is 13.3 Å². The third kappa shape index (κ3) is 3.88. The van der Waals surface area contributed by atoms with Crippen molar-refractivity contribution in [2.75, 3.05) is 13.6 Å². The Morgan fingerprint density at radius 3 is 2.30 bits per heavy atom. The van der Waals surface area contributed by atoms with Crippen LogP contribution >= 0.6 is 0 Å². The molecule has 58 valence electrons. The lowest BCUT2D eigenvalue weighted by molar-refractivity contribution is -0.128. The molecular weight excluding hydrogens is 132 g/mol. The number of amides is 2. The molecule has 0 aliphatic carbocycles. The summed E-state index contributed by atoms with van der Waals surface area (Å²) in [5, 5.41) is 0. The van der Waals surface area contributed by atoms with Gasteiger partial charge in [0.25, 0.3) is 0 Å². The zero-order valence-corrected chi connectivity index (χ0v) is 6.26. The van der Waals surface area contributed by atoms with Gasteiger partial charge in [-0.1, -0.05) is 0 Å². The van der Waals surface area contributed by atoms with Crippen LogP contribution in [0.25, 0.3) is 0 Å². The molecule has 0 bridgehead atoms. The minimum Gasteiger partial charge on any atom is -0.370 e. The second kappa shape index (κ2) is 3.87. The fraction of sp³-hybridized carbons (Fsp3) is 0.667. The predicted molar refractivity (Wildman–Crippen MR) is 37.1 cm³/mol. The number of carbonyl (C=O) groups excluding carboxylic acids is 2. The highest BCUT2D eigenvalue weighted by atomic mass is 16.2. The van der Waals surface area contributed by atoms with E-state index in [1.165, 1.54) is 11.8 Å². The van der Waals surface area contributed by atoms with E-state index < -0.39 is 0 Å². The van der Waals surface area contributed by atoms with Crippen LogP contribution in [-0.4, -0.2) is 30.3 Å². The van der Waals surface area contributed by atoms with E-state index in [1.54, 1.807) is 7.05 Å². The Balaban J connectivity index is 3.49. The summed E-state index contributed by atoms with van der Waals surface area (Å²) in [6, 6.07) is 0. The van der Waals surface area contributed by atoms with Crippen molar-refractivity contribution in [2.24, 2.45) is 5.73 Å². The molecule has 0 aromatic heterocycles. The summed E-state index contributed by atoms with van der Waals surface area (Å²) in [5.41, 5.74) is 4.86. The van der Waals surface area contributed by atoms with Crippen molar-refractivity contribution in [2.45, 2.75) is 13.3 Å². The molecule has 2 N–H and O–H groups in total. The van der Waals surface area contributed by atoms with Gasteiger partial charge in [0.1, 0.15) is 0 Å². The van der Waals surface area contributed by atoms with E-state index in [2.05, 4.69) is 0 Å². The zero-order valence-electron chi connectivity index (χ0n) is 6.26. The van der Waals surface area contributed by atoms with Crippen molar-refractivity contribution in [3.63, 3.8) is 0 Å². The summed E-state index contributed by atoms with van der Waals surface area (Å²) in [5.74, 6) is -0.436. The fourth-order valence-electron chi connectivity index (χ4n) is 0.435. The lowest BCUT2D eigenvalue weighted by atomic mass is 10.4. The van der Waals surface area contributed by atoms with Gasteiger partial charge >= 0.3 is 0 Å². The molecule has 10 heavy (non-hydrogen) atoms. The number of primary amides is 1. The summed E-state index contributed by atoms with van der Waals surface area (Å²) < 4.78 is 0. The summed E-state index contributed by atoms with van der Waals surface area (Å²) >= 11 is 0. The van der Waals surface area contributed by atoms with Gasteiger partial charge in [0.05, 0.1) is 0 Å². The van der Waals surface area contributed by atoms with Gasteiger partial charge in [-0.2, -0.15) is 0 Å². The van der Waals surface area contributed by atoms with Gasteiger partial charge in [0, 0.05) is 26.9 Å².